The number of benzene rings is 2. The Labute approximate surface area is 201 Å². The van der Waals surface area contributed by atoms with Crippen LogP contribution in [0, 0.1) is 30.4 Å². The summed E-state index contributed by atoms with van der Waals surface area (Å²) >= 11 is 0. The number of methoxy groups -OCH3 is 1. The third kappa shape index (κ3) is 4.29. The Balaban J connectivity index is 1.39. The van der Waals surface area contributed by atoms with Crippen molar-refractivity contribution in [3.8, 4) is 0 Å². The number of aryl methyl sites for hydroxylation is 1. The lowest BCUT2D eigenvalue weighted by Crippen LogP contribution is -2.51. The van der Waals surface area contributed by atoms with Crippen molar-refractivity contribution in [3.05, 3.63) is 70.3 Å². The van der Waals surface area contributed by atoms with E-state index in [2.05, 4.69) is 5.32 Å². The van der Waals surface area contributed by atoms with Gasteiger partial charge in [-0.25, -0.2) is 13.6 Å². The Morgan fingerprint density at radius 2 is 1.83 bits per heavy atom. The zero-order valence-electron chi connectivity index (χ0n) is 19.4. The molecule has 0 radical (unpaired) electrons. The van der Waals surface area contributed by atoms with Crippen molar-refractivity contribution >= 4 is 17.8 Å². The number of piperidine rings is 1. The van der Waals surface area contributed by atoms with Gasteiger partial charge in [0.1, 0.15) is 17.7 Å². The van der Waals surface area contributed by atoms with E-state index in [0.29, 0.717) is 19.6 Å². The molecule has 3 fully saturated rings. The zero-order valence-corrected chi connectivity index (χ0v) is 19.4. The van der Waals surface area contributed by atoms with Crippen LogP contribution in [0.5, 0.6) is 0 Å². The largest absolute Gasteiger partial charge is 0.465 e. The molecule has 2 heterocycles. The summed E-state index contributed by atoms with van der Waals surface area (Å²) in [6, 6.07) is 6.88. The van der Waals surface area contributed by atoms with E-state index in [4.69, 9.17) is 9.47 Å². The van der Waals surface area contributed by atoms with Crippen LogP contribution in [0.1, 0.15) is 50.7 Å². The van der Waals surface area contributed by atoms with Crippen LogP contribution < -0.4 is 5.32 Å². The number of amides is 2. The first-order chi connectivity index (χ1) is 16.8. The van der Waals surface area contributed by atoms with Crippen LogP contribution >= 0.6 is 0 Å². The lowest BCUT2D eigenvalue weighted by Gasteiger charge is -2.36. The van der Waals surface area contributed by atoms with Gasteiger partial charge in [0, 0.05) is 23.1 Å². The van der Waals surface area contributed by atoms with Crippen molar-refractivity contribution in [3.63, 3.8) is 0 Å². The summed E-state index contributed by atoms with van der Waals surface area (Å²) in [6.07, 6.45) is 1.31. The van der Waals surface area contributed by atoms with Crippen LogP contribution in [0.15, 0.2) is 36.4 Å². The highest BCUT2D eigenvalue weighted by Crippen LogP contribution is 2.48. The quantitative estimate of drug-likeness (QED) is 0.637. The number of fused-ring (bicyclic) bond motifs is 1. The average molecular weight is 484 g/mol. The fraction of sp³-hybridized carbons (Fsp3) is 0.423. The van der Waals surface area contributed by atoms with Crippen molar-refractivity contribution in [2.24, 2.45) is 11.8 Å². The van der Waals surface area contributed by atoms with E-state index >= 15 is 0 Å². The minimum absolute atomic E-state index is 0.0564. The Hall–Kier alpha value is -3.33. The predicted octanol–water partition coefficient (Wildman–Crippen LogP) is 3.17. The number of rotatable bonds is 6. The molecular formula is C26H26F2N2O5. The number of likely N-dealkylation sites (tertiary alicyclic amines) is 1. The SMILES string of the molecule is COC(=O)c1cccc(C(=O)N2[C@@H](C(=O)N[C@@H](c3cc(F)c(C)cc3F)C3COC3)C[C@H]3C[C@H]32)c1. The molecule has 35 heavy (non-hydrogen) atoms. The highest BCUT2D eigenvalue weighted by Gasteiger charge is 2.56. The van der Waals surface area contributed by atoms with Gasteiger partial charge in [-0.05, 0) is 61.6 Å². The predicted molar refractivity (Wildman–Crippen MR) is 121 cm³/mol. The maximum Gasteiger partial charge on any atom is 0.337 e. The molecule has 0 spiro atoms. The Morgan fingerprint density at radius 3 is 2.51 bits per heavy atom. The minimum atomic E-state index is -0.775. The van der Waals surface area contributed by atoms with Gasteiger partial charge in [0.05, 0.1) is 31.9 Å². The van der Waals surface area contributed by atoms with E-state index in [1.165, 1.54) is 20.1 Å². The number of ether oxygens (including phenoxy) is 2. The molecule has 1 saturated carbocycles. The van der Waals surface area contributed by atoms with Gasteiger partial charge in [-0.1, -0.05) is 6.07 Å². The van der Waals surface area contributed by atoms with Gasteiger partial charge >= 0.3 is 5.97 Å². The number of halogens is 2. The van der Waals surface area contributed by atoms with E-state index in [1.54, 1.807) is 23.1 Å². The van der Waals surface area contributed by atoms with Crippen molar-refractivity contribution in [1.29, 1.82) is 0 Å². The van der Waals surface area contributed by atoms with Gasteiger partial charge < -0.3 is 19.7 Å². The number of carbonyl (C=O) groups is 3. The molecule has 1 aliphatic carbocycles. The number of esters is 1. The molecule has 1 N–H and O–H groups in total. The van der Waals surface area contributed by atoms with Gasteiger partial charge in [0.15, 0.2) is 0 Å². The first-order valence-corrected chi connectivity index (χ1v) is 11.6. The monoisotopic (exact) mass is 484 g/mol. The summed E-state index contributed by atoms with van der Waals surface area (Å²) in [4.78, 5) is 40.3. The molecule has 4 atom stereocenters. The van der Waals surface area contributed by atoms with Crippen LogP contribution in [0.3, 0.4) is 0 Å². The first kappa shape index (κ1) is 23.4. The summed E-state index contributed by atoms with van der Waals surface area (Å²) in [6.45, 7) is 2.11. The van der Waals surface area contributed by atoms with Crippen LogP contribution in [0.25, 0.3) is 0 Å². The molecule has 9 heteroatoms. The van der Waals surface area contributed by atoms with Gasteiger partial charge in [0.25, 0.3) is 5.91 Å². The molecule has 2 amide bonds. The zero-order chi connectivity index (χ0) is 24.9. The topological polar surface area (TPSA) is 84.9 Å². The molecule has 0 bridgehead atoms. The fourth-order valence-electron chi connectivity index (χ4n) is 5.07. The number of hydrogen-bond acceptors (Lipinski definition) is 5. The highest BCUT2D eigenvalue weighted by atomic mass is 19.1. The molecule has 2 aliphatic heterocycles. The summed E-state index contributed by atoms with van der Waals surface area (Å²) in [5.74, 6) is -2.44. The number of nitrogens with one attached hydrogen (secondary N) is 1. The van der Waals surface area contributed by atoms with Crippen LogP contribution in [0.4, 0.5) is 8.78 Å². The van der Waals surface area contributed by atoms with Crippen molar-refractivity contribution < 1.29 is 32.6 Å². The summed E-state index contributed by atoms with van der Waals surface area (Å²) in [7, 11) is 1.26. The molecule has 2 aromatic rings. The highest BCUT2D eigenvalue weighted by molar-refractivity contribution is 6.01. The lowest BCUT2D eigenvalue weighted by molar-refractivity contribution is -0.128. The van der Waals surface area contributed by atoms with Crippen LogP contribution in [0.2, 0.25) is 0 Å². The number of carbonyl (C=O) groups excluding carboxylic acids is 3. The molecule has 0 unspecified atom stereocenters. The van der Waals surface area contributed by atoms with E-state index < -0.39 is 35.6 Å². The van der Waals surface area contributed by atoms with Gasteiger partial charge in [-0.2, -0.15) is 0 Å². The lowest BCUT2D eigenvalue weighted by atomic mass is 9.90. The summed E-state index contributed by atoms with van der Waals surface area (Å²) in [5.41, 5.74) is 0.784. The first-order valence-electron chi connectivity index (χ1n) is 11.6. The molecule has 3 aliphatic rings. The van der Waals surface area contributed by atoms with Crippen LogP contribution in [-0.4, -0.2) is 55.1 Å². The molecular weight excluding hydrogens is 458 g/mol. The van der Waals surface area contributed by atoms with E-state index in [9.17, 15) is 23.2 Å². The van der Waals surface area contributed by atoms with E-state index in [0.717, 1.165) is 18.6 Å². The second-order valence-electron chi connectivity index (χ2n) is 9.51. The van der Waals surface area contributed by atoms with E-state index in [-0.39, 0.29) is 46.0 Å². The van der Waals surface area contributed by atoms with E-state index in [1.807, 2.05) is 0 Å². The molecule has 2 aromatic carbocycles. The molecule has 184 valence electrons. The molecule has 5 rings (SSSR count). The standard InChI is InChI=1S/C26H26F2N2O5/c1-13-6-20(28)18(10-19(13)27)23(17-11-35-12-17)29-24(31)22-9-16-8-21(16)30(22)25(32)14-4-3-5-15(7-14)26(33)34-2/h3-7,10,16-17,21-23H,8-9,11-12H2,1-2H3,(H,29,31)/t16-,21-,22-,23-/m1/s1. The second-order valence-corrected chi connectivity index (χ2v) is 9.51. The number of nitrogens with zero attached hydrogens (tertiary/aromatic N) is 1. The second kappa shape index (κ2) is 9.03. The number of hydrogen-bond donors (Lipinski definition) is 1. The van der Waals surface area contributed by atoms with Gasteiger partial charge in [0.2, 0.25) is 5.91 Å². The maximum absolute atomic E-state index is 14.8. The van der Waals surface area contributed by atoms with Gasteiger partial charge in [-0.15, -0.1) is 0 Å². The Bertz CT molecular complexity index is 1200. The van der Waals surface area contributed by atoms with Crippen molar-refractivity contribution in [2.75, 3.05) is 20.3 Å². The van der Waals surface area contributed by atoms with Crippen molar-refractivity contribution in [2.45, 2.75) is 37.9 Å². The van der Waals surface area contributed by atoms with Gasteiger partial charge in [-0.3, -0.25) is 9.59 Å². The third-order valence-electron chi connectivity index (χ3n) is 7.22. The third-order valence-corrected chi connectivity index (χ3v) is 7.22. The average Bonchev–Trinajstić information content (AvgIpc) is 3.48. The Morgan fingerprint density at radius 1 is 1.09 bits per heavy atom. The molecule has 7 nitrogen and oxygen atoms in total. The van der Waals surface area contributed by atoms with Crippen molar-refractivity contribution in [1.82, 2.24) is 10.2 Å². The smallest absolute Gasteiger partial charge is 0.337 e. The summed E-state index contributed by atoms with van der Waals surface area (Å²) < 4.78 is 39.1. The minimum Gasteiger partial charge on any atom is -0.465 e. The molecule has 0 aromatic heterocycles. The maximum atomic E-state index is 14.8. The van der Waals surface area contributed by atoms with Crippen LogP contribution in [-0.2, 0) is 14.3 Å². The fourth-order valence-corrected chi connectivity index (χ4v) is 5.07. The summed E-state index contributed by atoms with van der Waals surface area (Å²) in [5, 5.41) is 2.89. The molecule has 2 saturated heterocycles. The normalized spacial score (nSPS) is 23.8. The Kier molecular flexibility index (Phi) is 6.04.